The predicted molar refractivity (Wildman–Crippen MR) is 117 cm³/mol. The highest BCUT2D eigenvalue weighted by Crippen LogP contribution is 2.39. The zero-order chi connectivity index (χ0) is 22.2. The highest BCUT2D eigenvalue weighted by molar-refractivity contribution is 6.35. The van der Waals surface area contributed by atoms with Gasteiger partial charge < -0.3 is 14.2 Å². The third-order valence-electron chi connectivity index (χ3n) is 5.92. The zero-order valence-corrected chi connectivity index (χ0v) is 18.3. The Morgan fingerprint density at radius 1 is 1.03 bits per heavy atom. The van der Waals surface area contributed by atoms with Gasteiger partial charge in [0, 0.05) is 18.8 Å². The van der Waals surface area contributed by atoms with E-state index < -0.39 is 6.36 Å². The van der Waals surface area contributed by atoms with Crippen LogP contribution in [0.3, 0.4) is 0 Å². The lowest BCUT2D eigenvalue weighted by molar-refractivity contribution is -0.274. The summed E-state index contributed by atoms with van der Waals surface area (Å²) >= 11 is 6.54. The molecule has 0 atom stereocenters. The van der Waals surface area contributed by atoms with Crippen molar-refractivity contribution in [2.45, 2.75) is 58.4 Å². The van der Waals surface area contributed by atoms with Gasteiger partial charge in [-0.15, -0.1) is 13.2 Å². The monoisotopic (exact) mass is 451 g/mol. The van der Waals surface area contributed by atoms with Crippen molar-refractivity contribution in [2.75, 3.05) is 11.4 Å². The quantitative estimate of drug-likeness (QED) is 0.404. The molecule has 0 radical (unpaired) electrons. The van der Waals surface area contributed by atoms with Crippen molar-refractivity contribution in [3.05, 3.63) is 47.0 Å². The fourth-order valence-electron chi connectivity index (χ4n) is 4.41. The Labute approximate surface area is 184 Å². The number of hydrogen-bond donors (Lipinski definition) is 0. The van der Waals surface area contributed by atoms with E-state index in [0.717, 1.165) is 61.4 Å². The normalized spacial score (nSPS) is 14.7. The fourth-order valence-corrected chi connectivity index (χ4v) is 4.60. The van der Waals surface area contributed by atoms with E-state index in [1.807, 2.05) is 6.07 Å². The first kappa shape index (κ1) is 21.8. The number of imidazole rings is 1. The van der Waals surface area contributed by atoms with Gasteiger partial charge in [-0.1, -0.05) is 31.5 Å². The Hall–Kier alpha value is -2.41. The van der Waals surface area contributed by atoms with Crippen LogP contribution in [0.25, 0.3) is 11.0 Å². The summed E-state index contributed by atoms with van der Waals surface area (Å²) in [6.07, 6.45) is -0.720. The van der Waals surface area contributed by atoms with Crippen LogP contribution in [0.4, 0.5) is 24.8 Å². The summed E-state index contributed by atoms with van der Waals surface area (Å²) in [5.41, 5.74) is 3.87. The highest BCUT2D eigenvalue weighted by Gasteiger charge is 2.31. The van der Waals surface area contributed by atoms with Crippen molar-refractivity contribution in [1.82, 2.24) is 9.55 Å². The number of fused-ring (bicyclic) bond motifs is 3. The third kappa shape index (κ3) is 4.33. The molecular weight excluding hydrogens is 427 g/mol. The molecule has 0 fully saturated rings. The van der Waals surface area contributed by atoms with Gasteiger partial charge in [-0.25, -0.2) is 4.98 Å². The van der Waals surface area contributed by atoms with Gasteiger partial charge >= 0.3 is 6.36 Å². The number of aromatic nitrogens is 2. The van der Waals surface area contributed by atoms with Gasteiger partial charge in [-0.2, -0.15) is 0 Å². The second-order valence-corrected chi connectivity index (χ2v) is 8.22. The standard InChI is InChI=1S/C23H25ClF3N3O/c1-3-15(4-2)18-11-12-19(24)20-21(18)30-14-6-5-13-29(22(30)28-20)16-7-9-17(10-8-16)31-23(25,26)27/h7-12,15H,3-6,13-14H2,1-2H3. The summed E-state index contributed by atoms with van der Waals surface area (Å²) in [4.78, 5) is 6.96. The molecule has 4 nitrogen and oxygen atoms in total. The second-order valence-electron chi connectivity index (χ2n) is 7.81. The lowest BCUT2D eigenvalue weighted by atomic mass is 9.93. The molecule has 0 spiro atoms. The molecule has 8 heteroatoms. The molecule has 3 aromatic rings. The van der Waals surface area contributed by atoms with Crippen molar-refractivity contribution in [3.8, 4) is 5.75 Å². The maximum Gasteiger partial charge on any atom is 0.573 e. The lowest BCUT2D eigenvalue weighted by Crippen LogP contribution is -2.20. The minimum Gasteiger partial charge on any atom is -0.406 e. The number of hydrogen-bond acceptors (Lipinski definition) is 3. The molecule has 1 aromatic heterocycles. The molecule has 1 aliphatic heterocycles. The first-order valence-electron chi connectivity index (χ1n) is 10.6. The Morgan fingerprint density at radius 2 is 1.71 bits per heavy atom. The van der Waals surface area contributed by atoms with E-state index in [-0.39, 0.29) is 5.75 Å². The molecule has 4 rings (SSSR count). The Balaban J connectivity index is 1.81. The van der Waals surface area contributed by atoms with E-state index in [4.69, 9.17) is 16.6 Å². The maximum atomic E-state index is 12.5. The highest BCUT2D eigenvalue weighted by atomic mass is 35.5. The second kappa shape index (κ2) is 8.61. The van der Waals surface area contributed by atoms with Gasteiger partial charge in [0.15, 0.2) is 0 Å². The lowest BCUT2D eigenvalue weighted by Gasteiger charge is -2.23. The maximum absolute atomic E-state index is 12.5. The van der Waals surface area contributed by atoms with Gasteiger partial charge in [0.25, 0.3) is 0 Å². The Bertz CT molecular complexity index is 1060. The summed E-state index contributed by atoms with van der Waals surface area (Å²) in [6.45, 7) is 5.92. The number of alkyl halides is 3. The van der Waals surface area contributed by atoms with E-state index in [1.54, 1.807) is 12.1 Å². The van der Waals surface area contributed by atoms with E-state index in [1.165, 1.54) is 17.7 Å². The molecule has 0 saturated heterocycles. The van der Waals surface area contributed by atoms with Crippen LogP contribution in [0, 0.1) is 0 Å². The van der Waals surface area contributed by atoms with Gasteiger partial charge in [0.05, 0.1) is 10.5 Å². The molecule has 0 amide bonds. The van der Waals surface area contributed by atoms with Crippen molar-refractivity contribution < 1.29 is 17.9 Å². The summed E-state index contributed by atoms with van der Waals surface area (Å²) in [5, 5.41) is 0.610. The number of anilines is 2. The van der Waals surface area contributed by atoms with Crippen LogP contribution in [-0.2, 0) is 6.54 Å². The van der Waals surface area contributed by atoms with Crippen LogP contribution in [0.1, 0.15) is 51.0 Å². The molecule has 0 N–H and O–H groups in total. The molecule has 166 valence electrons. The average Bonchev–Trinajstić information content (AvgIpc) is 2.98. The fraction of sp³-hybridized carbons (Fsp3) is 0.435. The first-order chi connectivity index (χ1) is 14.8. The predicted octanol–water partition coefficient (Wildman–Crippen LogP) is 7.42. The molecule has 2 aromatic carbocycles. The van der Waals surface area contributed by atoms with Gasteiger partial charge in [0.2, 0.25) is 5.95 Å². The van der Waals surface area contributed by atoms with Gasteiger partial charge in [-0.05, 0) is 67.5 Å². The molecule has 0 unspecified atom stereocenters. The Kier molecular flexibility index (Phi) is 6.06. The topological polar surface area (TPSA) is 30.3 Å². The van der Waals surface area contributed by atoms with E-state index in [2.05, 4.69) is 34.1 Å². The summed E-state index contributed by atoms with van der Waals surface area (Å²) in [6, 6.07) is 9.97. The van der Waals surface area contributed by atoms with E-state index in [0.29, 0.717) is 10.9 Å². The van der Waals surface area contributed by atoms with Crippen LogP contribution in [0.2, 0.25) is 5.02 Å². The van der Waals surface area contributed by atoms with Crippen LogP contribution in [0.15, 0.2) is 36.4 Å². The van der Waals surface area contributed by atoms with Crippen LogP contribution in [-0.4, -0.2) is 22.5 Å². The number of benzene rings is 2. The number of ether oxygens (including phenoxy) is 1. The first-order valence-corrected chi connectivity index (χ1v) is 11.0. The molecular formula is C23H25ClF3N3O. The molecule has 2 heterocycles. The molecule has 0 aliphatic carbocycles. The van der Waals surface area contributed by atoms with Gasteiger partial charge in [-0.3, -0.25) is 0 Å². The molecule has 31 heavy (non-hydrogen) atoms. The largest absolute Gasteiger partial charge is 0.573 e. The summed E-state index contributed by atoms with van der Waals surface area (Å²) in [5.74, 6) is 0.951. The number of rotatable bonds is 5. The van der Waals surface area contributed by atoms with Crippen molar-refractivity contribution in [3.63, 3.8) is 0 Å². The molecule has 1 aliphatic rings. The van der Waals surface area contributed by atoms with E-state index in [9.17, 15) is 13.2 Å². The number of halogens is 4. The molecule has 0 saturated carbocycles. The smallest absolute Gasteiger partial charge is 0.406 e. The van der Waals surface area contributed by atoms with Crippen molar-refractivity contribution in [1.29, 1.82) is 0 Å². The van der Waals surface area contributed by atoms with Crippen LogP contribution < -0.4 is 9.64 Å². The van der Waals surface area contributed by atoms with Crippen molar-refractivity contribution in [2.24, 2.45) is 0 Å². The van der Waals surface area contributed by atoms with E-state index >= 15 is 0 Å². The summed E-state index contributed by atoms with van der Waals surface area (Å²) in [7, 11) is 0. The van der Waals surface area contributed by atoms with Gasteiger partial charge in [0.1, 0.15) is 11.3 Å². The SMILES string of the molecule is CCC(CC)c1ccc(Cl)c2nc3n(c12)CCCCN3c1ccc(OC(F)(F)F)cc1. The van der Waals surface area contributed by atoms with Crippen molar-refractivity contribution >= 4 is 34.3 Å². The molecule has 0 bridgehead atoms. The Morgan fingerprint density at radius 3 is 2.35 bits per heavy atom. The zero-order valence-electron chi connectivity index (χ0n) is 17.5. The minimum atomic E-state index is -4.71. The van der Waals surface area contributed by atoms with Crippen LogP contribution in [0.5, 0.6) is 5.75 Å². The van der Waals surface area contributed by atoms with Crippen LogP contribution >= 0.6 is 11.6 Å². The third-order valence-corrected chi connectivity index (χ3v) is 6.22. The number of nitrogens with zero attached hydrogens (tertiary/aromatic N) is 3. The minimum absolute atomic E-state index is 0.237. The number of aryl methyl sites for hydroxylation is 1. The average molecular weight is 452 g/mol. The summed E-state index contributed by atoms with van der Waals surface area (Å²) < 4.78 is 43.8.